The van der Waals surface area contributed by atoms with Crippen molar-refractivity contribution in [3.05, 3.63) is 35.4 Å². The Morgan fingerprint density at radius 3 is 2.33 bits per heavy atom. The molecule has 166 valence electrons. The largest absolute Gasteiger partial charge is 0.377 e. The molecular formula is C25H39N3O2. The molecule has 1 unspecified atom stereocenters. The zero-order chi connectivity index (χ0) is 21.1. The van der Waals surface area contributed by atoms with Gasteiger partial charge in [-0.3, -0.25) is 14.6 Å². The van der Waals surface area contributed by atoms with E-state index in [9.17, 15) is 4.79 Å². The molecule has 3 aliphatic rings. The van der Waals surface area contributed by atoms with E-state index in [1.54, 1.807) is 18.2 Å². The fraction of sp³-hybridized carbons (Fsp3) is 0.720. The van der Waals surface area contributed by atoms with E-state index in [2.05, 4.69) is 39.4 Å². The maximum atomic E-state index is 12.7. The minimum absolute atomic E-state index is 0.119. The summed E-state index contributed by atoms with van der Waals surface area (Å²) < 4.78 is 5.43. The van der Waals surface area contributed by atoms with E-state index in [1.165, 1.54) is 38.8 Å². The summed E-state index contributed by atoms with van der Waals surface area (Å²) in [7, 11) is 1.70. The van der Waals surface area contributed by atoms with E-state index < -0.39 is 0 Å². The number of hydrogen-bond acceptors (Lipinski definition) is 4. The lowest BCUT2D eigenvalue weighted by atomic mass is 9.92. The van der Waals surface area contributed by atoms with Gasteiger partial charge in [-0.25, -0.2) is 0 Å². The Kier molecular flexibility index (Phi) is 6.81. The third-order valence-electron chi connectivity index (χ3n) is 7.63. The highest BCUT2D eigenvalue weighted by Crippen LogP contribution is 2.29. The molecule has 5 heteroatoms. The van der Waals surface area contributed by atoms with Gasteiger partial charge in [0.1, 0.15) is 0 Å². The zero-order valence-corrected chi connectivity index (χ0v) is 19.0. The molecule has 0 aromatic heterocycles. The molecule has 5 nitrogen and oxygen atoms in total. The normalized spacial score (nSPS) is 24.7. The van der Waals surface area contributed by atoms with Gasteiger partial charge in [0.2, 0.25) is 5.91 Å². The van der Waals surface area contributed by atoms with Crippen molar-refractivity contribution in [2.24, 2.45) is 5.92 Å². The number of nitrogens with one attached hydrogen (secondary N) is 1. The van der Waals surface area contributed by atoms with Gasteiger partial charge in [-0.15, -0.1) is 0 Å². The average molecular weight is 414 g/mol. The van der Waals surface area contributed by atoms with Crippen LogP contribution >= 0.6 is 0 Å². The molecular weight excluding hydrogens is 374 g/mol. The first-order valence-corrected chi connectivity index (χ1v) is 11.8. The quantitative estimate of drug-likeness (QED) is 0.779. The van der Waals surface area contributed by atoms with Gasteiger partial charge in [-0.2, -0.15) is 0 Å². The molecule has 1 aliphatic carbocycles. The van der Waals surface area contributed by atoms with Crippen LogP contribution in [-0.4, -0.2) is 73.2 Å². The molecule has 0 bridgehead atoms. The fourth-order valence-electron chi connectivity index (χ4n) is 5.48. The van der Waals surface area contributed by atoms with Crippen LogP contribution in [0.4, 0.5) is 0 Å². The van der Waals surface area contributed by atoms with Crippen molar-refractivity contribution < 1.29 is 9.53 Å². The Balaban J connectivity index is 1.24. The van der Waals surface area contributed by atoms with Gasteiger partial charge in [-0.1, -0.05) is 24.3 Å². The van der Waals surface area contributed by atoms with E-state index in [0.717, 1.165) is 25.9 Å². The third-order valence-corrected chi connectivity index (χ3v) is 7.63. The van der Waals surface area contributed by atoms with Gasteiger partial charge < -0.3 is 10.1 Å². The Morgan fingerprint density at radius 1 is 1.03 bits per heavy atom. The molecule has 1 aromatic rings. The number of piperidine rings is 2. The fourth-order valence-corrected chi connectivity index (χ4v) is 5.48. The predicted molar refractivity (Wildman–Crippen MR) is 121 cm³/mol. The number of rotatable bonds is 6. The number of amides is 1. The number of nitrogens with zero attached hydrogens (tertiary/aromatic N) is 2. The number of ether oxygens (including phenoxy) is 1. The summed E-state index contributed by atoms with van der Waals surface area (Å²) in [6, 6.07) is 10.3. The second-order valence-electron chi connectivity index (χ2n) is 10.1. The Labute approximate surface area is 182 Å². The highest BCUT2D eigenvalue weighted by molar-refractivity contribution is 5.79. The summed E-state index contributed by atoms with van der Waals surface area (Å²) in [5, 5.41) is 3.12. The summed E-state index contributed by atoms with van der Waals surface area (Å²) in [4.78, 5) is 18.0. The summed E-state index contributed by atoms with van der Waals surface area (Å²) in [6.45, 7) is 9.04. The highest BCUT2D eigenvalue weighted by Gasteiger charge is 2.34. The van der Waals surface area contributed by atoms with Crippen LogP contribution in [0.25, 0.3) is 0 Å². The van der Waals surface area contributed by atoms with Crippen LogP contribution in [0.1, 0.15) is 50.7 Å². The third kappa shape index (κ3) is 5.06. The number of fused-ring (bicyclic) bond motifs is 1. The zero-order valence-electron chi connectivity index (χ0n) is 19.0. The van der Waals surface area contributed by atoms with Crippen molar-refractivity contribution in [3.63, 3.8) is 0 Å². The molecule has 0 radical (unpaired) electrons. The molecule has 0 spiro atoms. The van der Waals surface area contributed by atoms with Gasteiger partial charge in [0.15, 0.2) is 0 Å². The molecule has 1 amide bonds. The van der Waals surface area contributed by atoms with Gasteiger partial charge >= 0.3 is 0 Å². The predicted octanol–water partition coefficient (Wildman–Crippen LogP) is 2.87. The molecule has 2 saturated heterocycles. The van der Waals surface area contributed by atoms with Crippen LogP contribution < -0.4 is 5.32 Å². The first-order chi connectivity index (χ1) is 14.4. The lowest BCUT2D eigenvalue weighted by Gasteiger charge is -2.43. The maximum absolute atomic E-state index is 12.7. The van der Waals surface area contributed by atoms with E-state index in [4.69, 9.17) is 4.74 Å². The summed E-state index contributed by atoms with van der Waals surface area (Å²) in [5.41, 5.74) is 2.79. The van der Waals surface area contributed by atoms with Crippen LogP contribution in [-0.2, 0) is 22.4 Å². The van der Waals surface area contributed by atoms with E-state index >= 15 is 0 Å². The molecule has 30 heavy (non-hydrogen) atoms. The second kappa shape index (κ2) is 9.37. The molecule has 4 rings (SSSR count). The first kappa shape index (κ1) is 21.8. The monoisotopic (exact) mass is 413 g/mol. The van der Waals surface area contributed by atoms with E-state index in [1.807, 2.05) is 13.8 Å². The van der Waals surface area contributed by atoms with Crippen LogP contribution in [0.15, 0.2) is 24.3 Å². The number of carbonyl (C=O) groups excluding carboxylic acids is 1. The molecule has 2 fully saturated rings. The first-order valence-electron chi connectivity index (χ1n) is 11.8. The Morgan fingerprint density at radius 2 is 1.70 bits per heavy atom. The SMILES string of the molecule is COC(C)(C)CNC(=O)C1CCCN(C2CCN(C3Cc4ccccc4C3)CC2)C1. The van der Waals surface area contributed by atoms with E-state index in [-0.39, 0.29) is 17.4 Å². The van der Waals surface area contributed by atoms with Crippen LogP contribution in [0.2, 0.25) is 0 Å². The molecule has 2 aliphatic heterocycles. The summed E-state index contributed by atoms with van der Waals surface area (Å²) in [5.74, 6) is 0.319. The topological polar surface area (TPSA) is 44.8 Å². The van der Waals surface area contributed by atoms with Gasteiger partial charge in [0.05, 0.1) is 11.5 Å². The Hall–Kier alpha value is -1.43. The van der Waals surface area contributed by atoms with Gasteiger partial charge in [-0.05, 0) is 83.1 Å². The molecule has 1 atom stereocenters. The second-order valence-corrected chi connectivity index (χ2v) is 10.1. The number of likely N-dealkylation sites (tertiary alicyclic amines) is 2. The van der Waals surface area contributed by atoms with Gasteiger partial charge in [0, 0.05) is 32.3 Å². The number of methoxy groups -OCH3 is 1. The standard InChI is InChI=1S/C25H39N3O2/c1-25(2,30-3)18-26-24(29)21-9-6-12-28(17-21)22-10-13-27(14-11-22)23-15-19-7-4-5-8-20(19)16-23/h4-5,7-8,21-23H,6,9-18H2,1-3H3,(H,26,29). The van der Waals surface area contributed by atoms with Crippen molar-refractivity contribution >= 4 is 5.91 Å². The van der Waals surface area contributed by atoms with Crippen LogP contribution in [0.5, 0.6) is 0 Å². The lowest BCUT2D eigenvalue weighted by Crippen LogP contribution is -2.53. The minimum atomic E-state index is -0.309. The number of benzene rings is 1. The highest BCUT2D eigenvalue weighted by atomic mass is 16.5. The Bertz CT molecular complexity index is 702. The van der Waals surface area contributed by atoms with Crippen molar-refractivity contribution in [2.75, 3.05) is 39.8 Å². The molecule has 0 saturated carbocycles. The van der Waals surface area contributed by atoms with E-state index in [0.29, 0.717) is 18.6 Å². The lowest BCUT2D eigenvalue weighted by molar-refractivity contribution is -0.128. The van der Waals surface area contributed by atoms with Crippen molar-refractivity contribution in [1.29, 1.82) is 0 Å². The maximum Gasteiger partial charge on any atom is 0.224 e. The van der Waals surface area contributed by atoms with Crippen LogP contribution in [0.3, 0.4) is 0 Å². The van der Waals surface area contributed by atoms with Crippen LogP contribution in [0, 0.1) is 5.92 Å². The number of hydrogen-bond donors (Lipinski definition) is 1. The minimum Gasteiger partial charge on any atom is -0.377 e. The summed E-state index contributed by atoms with van der Waals surface area (Å²) >= 11 is 0. The molecule has 1 aromatic carbocycles. The smallest absolute Gasteiger partial charge is 0.224 e. The van der Waals surface area contributed by atoms with Crippen molar-refractivity contribution in [1.82, 2.24) is 15.1 Å². The van der Waals surface area contributed by atoms with Gasteiger partial charge in [0.25, 0.3) is 0 Å². The average Bonchev–Trinajstić information content (AvgIpc) is 3.22. The molecule has 2 heterocycles. The van der Waals surface area contributed by atoms with Crippen molar-refractivity contribution in [2.45, 2.75) is 70.1 Å². The molecule has 1 N–H and O–H groups in total. The number of carbonyl (C=O) groups is 1. The summed E-state index contributed by atoms with van der Waals surface area (Å²) in [6.07, 6.45) is 7.03. The van der Waals surface area contributed by atoms with Crippen molar-refractivity contribution in [3.8, 4) is 0 Å².